The highest BCUT2D eigenvalue weighted by Crippen LogP contribution is 2.34. The van der Waals surface area contributed by atoms with Crippen molar-refractivity contribution in [2.24, 2.45) is 0 Å². The Bertz CT molecular complexity index is 608. The van der Waals surface area contributed by atoms with E-state index in [4.69, 9.17) is 5.11 Å². The maximum Gasteiger partial charge on any atom is 0.123 e. The molecule has 0 bridgehead atoms. The second kappa shape index (κ2) is 5.95. The van der Waals surface area contributed by atoms with Crippen molar-refractivity contribution >= 4 is 0 Å². The van der Waals surface area contributed by atoms with Crippen molar-refractivity contribution in [2.75, 3.05) is 13.2 Å². The van der Waals surface area contributed by atoms with E-state index in [9.17, 15) is 4.39 Å². The standard InChI is InChI=1S/C16H20FN3O/c1-12-14(11-20(18-12)8-9-21)10-19-7-6-16(19)13-2-4-15(17)5-3-13/h2-5,11,16,21H,6-10H2,1H3/t16-/m1/s1. The molecule has 2 aromatic rings. The molecule has 112 valence electrons. The van der Waals surface area contributed by atoms with Gasteiger partial charge in [-0.2, -0.15) is 5.10 Å². The van der Waals surface area contributed by atoms with Crippen LogP contribution in [-0.2, 0) is 13.1 Å². The Kier molecular flexibility index (Phi) is 4.03. The zero-order valence-electron chi connectivity index (χ0n) is 12.2. The summed E-state index contributed by atoms with van der Waals surface area (Å²) in [4.78, 5) is 2.38. The zero-order valence-corrected chi connectivity index (χ0v) is 12.2. The Morgan fingerprint density at radius 2 is 2.10 bits per heavy atom. The molecule has 0 spiro atoms. The molecule has 1 aromatic carbocycles. The average Bonchev–Trinajstić information content (AvgIpc) is 2.78. The highest BCUT2D eigenvalue weighted by atomic mass is 19.1. The first kappa shape index (κ1) is 14.2. The van der Waals surface area contributed by atoms with Crippen LogP contribution in [0.4, 0.5) is 4.39 Å². The lowest BCUT2D eigenvalue weighted by molar-refractivity contribution is 0.0816. The van der Waals surface area contributed by atoms with Crippen molar-refractivity contribution in [3.05, 3.63) is 53.1 Å². The lowest BCUT2D eigenvalue weighted by Crippen LogP contribution is -2.40. The molecule has 1 fully saturated rings. The number of nitrogens with zero attached hydrogens (tertiary/aromatic N) is 3. The Morgan fingerprint density at radius 1 is 1.33 bits per heavy atom. The summed E-state index contributed by atoms with van der Waals surface area (Å²) in [5.74, 6) is -0.189. The van der Waals surface area contributed by atoms with Crippen molar-refractivity contribution in [3.63, 3.8) is 0 Å². The molecular weight excluding hydrogens is 269 g/mol. The molecule has 1 aliphatic heterocycles. The van der Waals surface area contributed by atoms with Gasteiger partial charge in [-0.1, -0.05) is 12.1 Å². The van der Waals surface area contributed by atoms with E-state index >= 15 is 0 Å². The van der Waals surface area contributed by atoms with Crippen LogP contribution in [0.5, 0.6) is 0 Å². The van der Waals surface area contributed by atoms with E-state index in [1.165, 1.54) is 23.3 Å². The third kappa shape index (κ3) is 2.99. The summed E-state index contributed by atoms with van der Waals surface area (Å²) in [6.07, 6.45) is 3.11. The van der Waals surface area contributed by atoms with E-state index in [1.807, 2.05) is 25.3 Å². The van der Waals surface area contributed by atoms with Crippen LogP contribution in [0.15, 0.2) is 30.5 Å². The molecular formula is C16H20FN3O. The fourth-order valence-corrected chi connectivity index (χ4v) is 2.84. The van der Waals surface area contributed by atoms with Crippen LogP contribution in [0.1, 0.15) is 29.3 Å². The van der Waals surface area contributed by atoms with Gasteiger partial charge in [0.25, 0.3) is 0 Å². The van der Waals surface area contributed by atoms with Crippen LogP contribution in [0.2, 0.25) is 0 Å². The molecule has 2 heterocycles. The molecule has 1 aliphatic rings. The smallest absolute Gasteiger partial charge is 0.123 e. The number of hydrogen-bond donors (Lipinski definition) is 1. The average molecular weight is 289 g/mol. The number of aryl methyl sites for hydroxylation is 1. The molecule has 1 saturated heterocycles. The number of likely N-dealkylation sites (tertiary alicyclic amines) is 1. The molecule has 1 atom stereocenters. The molecule has 0 unspecified atom stereocenters. The summed E-state index contributed by atoms with van der Waals surface area (Å²) in [6.45, 7) is 4.52. The van der Waals surface area contributed by atoms with E-state index in [2.05, 4.69) is 10.00 Å². The maximum atomic E-state index is 13.0. The predicted octanol–water partition coefficient (Wildman–Crippen LogP) is 2.27. The van der Waals surface area contributed by atoms with Crippen LogP contribution >= 0.6 is 0 Å². The third-order valence-electron chi connectivity index (χ3n) is 4.14. The van der Waals surface area contributed by atoms with E-state index < -0.39 is 0 Å². The second-order valence-corrected chi connectivity index (χ2v) is 5.55. The minimum atomic E-state index is -0.189. The van der Waals surface area contributed by atoms with Gasteiger partial charge in [0.15, 0.2) is 0 Å². The van der Waals surface area contributed by atoms with Gasteiger partial charge in [-0.25, -0.2) is 4.39 Å². The first-order valence-electron chi connectivity index (χ1n) is 7.30. The summed E-state index contributed by atoms with van der Waals surface area (Å²) >= 11 is 0. The largest absolute Gasteiger partial charge is 0.394 e. The van der Waals surface area contributed by atoms with Gasteiger partial charge >= 0.3 is 0 Å². The quantitative estimate of drug-likeness (QED) is 0.918. The molecule has 0 radical (unpaired) electrons. The lowest BCUT2D eigenvalue weighted by Gasteiger charge is -2.41. The predicted molar refractivity (Wildman–Crippen MR) is 78.2 cm³/mol. The number of aliphatic hydroxyl groups is 1. The number of rotatable bonds is 5. The number of aliphatic hydroxyl groups excluding tert-OH is 1. The van der Waals surface area contributed by atoms with Gasteiger partial charge in [0.1, 0.15) is 5.82 Å². The maximum absolute atomic E-state index is 13.0. The number of hydrogen-bond acceptors (Lipinski definition) is 3. The van der Waals surface area contributed by atoms with E-state index in [-0.39, 0.29) is 12.4 Å². The highest BCUT2D eigenvalue weighted by molar-refractivity contribution is 5.23. The summed E-state index contributed by atoms with van der Waals surface area (Å²) in [5.41, 5.74) is 3.37. The molecule has 21 heavy (non-hydrogen) atoms. The molecule has 1 aromatic heterocycles. The first-order chi connectivity index (χ1) is 10.2. The molecule has 3 rings (SSSR count). The number of benzene rings is 1. The summed E-state index contributed by atoms with van der Waals surface area (Å²) in [6, 6.07) is 7.15. The molecule has 0 saturated carbocycles. The van der Waals surface area contributed by atoms with Crippen molar-refractivity contribution in [2.45, 2.75) is 32.5 Å². The monoisotopic (exact) mass is 289 g/mol. The minimum Gasteiger partial charge on any atom is -0.394 e. The Balaban J connectivity index is 1.69. The Labute approximate surface area is 123 Å². The minimum absolute atomic E-state index is 0.0997. The van der Waals surface area contributed by atoms with Crippen LogP contribution in [0.3, 0.4) is 0 Å². The van der Waals surface area contributed by atoms with E-state index in [1.54, 1.807) is 4.68 Å². The van der Waals surface area contributed by atoms with Gasteiger partial charge in [0, 0.05) is 30.9 Å². The highest BCUT2D eigenvalue weighted by Gasteiger charge is 2.29. The van der Waals surface area contributed by atoms with Gasteiger partial charge in [0.05, 0.1) is 18.8 Å². The molecule has 0 aliphatic carbocycles. The van der Waals surface area contributed by atoms with Gasteiger partial charge in [0.2, 0.25) is 0 Å². The molecule has 1 N–H and O–H groups in total. The van der Waals surface area contributed by atoms with Crippen molar-refractivity contribution in [1.82, 2.24) is 14.7 Å². The lowest BCUT2D eigenvalue weighted by atomic mass is 9.94. The normalized spacial score (nSPS) is 18.7. The van der Waals surface area contributed by atoms with Gasteiger partial charge in [-0.3, -0.25) is 9.58 Å². The number of halogens is 1. The van der Waals surface area contributed by atoms with Crippen LogP contribution in [-0.4, -0.2) is 32.9 Å². The van der Waals surface area contributed by atoms with Crippen LogP contribution in [0.25, 0.3) is 0 Å². The van der Waals surface area contributed by atoms with Crippen LogP contribution < -0.4 is 0 Å². The van der Waals surface area contributed by atoms with Gasteiger partial charge in [-0.05, 0) is 31.0 Å². The van der Waals surface area contributed by atoms with Crippen LogP contribution in [0, 0.1) is 12.7 Å². The van der Waals surface area contributed by atoms with E-state index in [0.29, 0.717) is 12.6 Å². The van der Waals surface area contributed by atoms with E-state index in [0.717, 1.165) is 25.2 Å². The summed E-state index contributed by atoms with van der Waals surface area (Å²) in [5, 5.41) is 13.4. The van der Waals surface area contributed by atoms with Gasteiger partial charge in [-0.15, -0.1) is 0 Å². The molecule has 4 nitrogen and oxygen atoms in total. The third-order valence-corrected chi connectivity index (χ3v) is 4.14. The second-order valence-electron chi connectivity index (χ2n) is 5.55. The van der Waals surface area contributed by atoms with Crippen molar-refractivity contribution in [3.8, 4) is 0 Å². The first-order valence-corrected chi connectivity index (χ1v) is 7.30. The zero-order chi connectivity index (χ0) is 14.8. The summed E-state index contributed by atoms with van der Waals surface area (Å²) in [7, 11) is 0. The topological polar surface area (TPSA) is 41.3 Å². The fraction of sp³-hybridized carbons (Fsp3) is 0.438. The van der Waals surface area contributed by atoms with Gasteiger partial charge < -0.3 is 5.11 Å². The SMILES string of the molecule is Cc1nn(CCO)cc1CN1CC[C@@H]1c1ccc(F)cc1. The Hall–Kier alpha value is -1.72. The number of aromatic nitrogens is 2. The molecule has 5 heteroatoms. The van der Waals surface area contributed by atoms with Crippen molar-refractivity contribution < 1.29 is 9.50 Å². The van der Waals surface area contributed by atoms with Crippen molar-refractivity contribution in [1.29, 1.82) is 0 Å². The molecule has 0 amide bonds. The Morgan fingerprint density at radius 3 is 2.71 bits per heavy atom. The summed E-state index contributed by atoms with van der Waals surface area (Å²) < 4.78 is 14.8. The fourth-order valence-electron chi connectivity index (χ4n) is 2.84.